The van der Waals surface area contributed by atoms with E-state index >= 15 is 0 Å². The van der Waals surface area contributed by atoms with Crippen LogP contribution in [0.4, 0.5) is 17.6 Å². The highest BCUT2D eigenvalue weighted by Crippen LogP contribution is 2.40. The first kappa shape index (κ1) is 26.5. The van der Waals surface area contributed by atoms with Gasteiger partial charge in [0.25, 0.3) is 0 Å². The lowest BCUT2D eigenvalue weighted by atomic mass is 9.78. The van der Waals surface area contributed by atoms with E-state index in [1.54, 1.807) is 30.4 Å². The molecule has 0 aromatic heterocycles. The number of allylic oxidation sites excluding steroid dienone is 1. The highest BCUT2D eigenvalue weighted by molar-refractivity contribution is 5.52. The maximum absolute atomic E-state index is 14.8. The van der Waals surface area contributed by atoms with Gasteiger partial charge < -0.3 is 4.74 Å². The largest absolute Gasteiger partial charge is 0.490 e. The molecule has 36 heavy (non-hydrogen) atoms. The van der Waals surface area contributed by atoms with Gasteiger partial charge in [-0.3, -0.25) is 0 Å². The van der Waals surface area contributed by atoms with Gasteiger partial charge in [0.1, 0.15) is 0 Å². The minimum absolute atomic E-state index is 0.0712. The zero-order valence-electron chi connectivity index (χ0n) is 21.0. The predicted molar refractivity (Wildman–Crippen MR) is 137 cm³/mol. The van der Waals surface area contributed by atoms with Crippen LogP contribution in [0.15, 0.2) is 43.0 Å². The Kier molecular flexibility index (Phi) is 8.92. The number of benzene rings is 2. The van der Waals surface area contributed by atoms with Crippen molar-refractivity contribution in [3.63, 3.8) is 0 Å². The van der Waals surface area contributed by atoms with Crippen molar-refractivity contribution in [1.82, 2.24) is 0 Å². The predicted octanol–water partition coefficient (Wildman–Crippen LogP) is 9.48. The van der Waals surface area contributed by atoms with E-state index < -0.39 is 23.3 Å². The van der Waals surface area contributed by atoms with Crippen LogP contribution in [-0.2, 0) is 0 Å². The summed E-state index contributed by atoms with van der Waals surface area (Å²) in [5.74, 6) is -2.47. The number of rotatable bonds is 8. The molecule has 194 valence electrons. The number of ether oxygens (including phenoxy) is 1. The van der Waals surface area contributed by atoms with Crippen molar-refractivity contribution < 1.29 is 22.3 Å². The van der Waals surface area contributed by atoms with Crippen LogP contribution in [-0.4, -0.2) is 6.61 Å². The first-order valence-corrected chi connectivity index (χ1v) is 13.3. The number of hydrogen-bond acceptors (Lipinski definition) is 1. The summed E-state index contributed by atoms with van der Waals surface area (Å²) in [4.78, 5) is 0. The summed E-state index contributed by atoms with van der Waals surface area (Å²) in [6.45, 7) is 6.05. The second-order valence-corrected chi connectivity index (χ2v) is 10.5. The molecule has 0 amide bonds. The Hall–Kier alpha value is -2.56. The summed E-state index contributed by atoms with van der Waals surface area (Å²) >= 11 is 0. The van der Waals surface area contributed by atoms with Gasteiger partial charge in [-0.1, -0.05) is 56.2 Å². The van der Waals surface area contributed by atoms with Gasteiger partial charge in [-0.15, -0.1) is 6.58 Å². The molecule has 2 aliphatic rings. The van der Waals surface area contributed by atoms with Crippen LogP contribution in [0.3, 0.4) is 0 Å². The van der Waals surface area contributed by atoms with Crippen molar-refractivity contribution >= 4 is 6.08 Å². The molecule has 0 heterocycles. The maximum atomic E-state index is 14.8. The maximum Gasteiger partial charge on any atom is 0.200 e. The van der Waals surface area contributed by atoms with Crippen molar-refractivity contribution in [1.29, 1.82) is 0 Å². The Morgan fingerprint density at radius 3 is 2.00 bits per heavy atom. The van der Waals surface area contributed by atoms with Crippen LogP contribution in [0, 0.1) is 35.1 Å². The zero-order valence-corrected chi connectivity index (χ0v) is 21.0. The van der Waals surface area contributed by atoms with E-state index in [1.807, 2.05) is 6.08 Å². The second-order valence-electron chi connectivity index (χ2n) is 10.5. The van der Waals surface area contributed by atoms with Gasteiger partial charge >= 0.3 is 0 Å². The van der Waals surface area contributed by atoms with Gasteiger partial charge in [0.05, 0.1) is 6.61 Å². The highest BCUT2D eigenvalue weighted by atomic mass is 19.2. The summed E-state index contributed by atoms with van der Waals surface area (Å²) < 4.78 is 64.2. The van der Waals surface area contributed by atoms with Crippen molar-refractivity contribution in [2.45, 2.75) is 76.5 Å². The van der Waals surface area contributed by atoms with Crippen molar-refractivity contribution in [2.24, 2.45) is 11.8 Å². The topological polar surface area (TPSA) is 9.23 Å². The quantitative estimate of drug-likeness (QED) is 0.199. The SMILES string of the molecule is C=CCCOc1ccc(C2CCC(/C=C/c3ccc(C4CCC(C)CC4)c(F)c3F)CC2)c(F)c1F. The van der Waals surface area contributed by atoms with Crippen LogP contribution in [0.1, 0.15) is 93.2 Å². The molecule has 4 rings (SSSR count). The average Bonchev–Trinajstić information content (AvgIpc) is 2.89. The third-order valence-corrected chi connectivity index (χ3v) is 8.01. The smallest absolute Gasteiger partial charge is 0.200 e. The Bertz CT molecular complexity index is 1080. The van der Waals surface area contributed by atoms with Crippen LogP contribution < -0.4 is 4.74 Å². The van der Waals surface area contributed by atoms with E-state index in [4.69, 9.17) is 4.74 Å². The first-order chi connectivity index (χ1) is 17.4. The molecule has 2 saturated carbocycles. The van der Waals surface area contributed by atoms with Crippen LogP contribution >= 0.6 is 0 Å². The molecule has 0 unspecified atom stereocenters. The second kappa shape index (κ2) is 12.1. The van der Waals surface area contributed by atoms with Gasteiger partial charge in [-0.25, -0.2) is 13.2 Å². The van der Waals surface area contributed by atoms with E-state index in [2.05, 4.69) is 13.5 Å². The third-order valence-electron chi connectivity index (χ3n) is 8.01. The Morgan fingerprint density at radius 2 is 1.36 bits per heavy atom. The van der Waals surface area contributed by atoms with Crippen molar-refractivity contribution in [2.75, 3.05) is 6.61 Å². The molecule has 0 aliphatic heterocycles. The average molecular weight is 501 g/mol. The minimum atomic E-state index is -0.942. The molecule has 2 aliphatic carbocycles. The lowest BCUT2D eigenvalue weighted by molar-refractivity contribution is 0.298. The molecule has 5 heteroatoms. The molecule has 1 nitrogen and oxygen atoms in total. The molecule has 2 aromatic rings. The molecule has 2 fully saturated rings. The normalized spacial score (nSPS) is 24.7. The van der Waals surface area contributed by atoms with Crippen LogP contribution in [0.2, 0.25) is 0 Å². The standard InChI is InChI=1S/C31H36F4O/c1-3-4-19-36-27-18-17-26(30(34)31(27)35)23-12-7-21(8-13-23)9-14-24-15-16-25(29(33)28(24)32)22-10-5-20(2)6-11-22/h3,9,14-18,20-23H,1,4-8,10-13,19H2,2H3/b14-9+. The molecule has 0 atom stereocenters. The number of halogens is 4. The molecule has 0 bridgehead atoms. The highest BCUT2D eigenvalue weighted by Gasteiger charge is 2.27. The Morgan fingerprint density at radius 1 is 0.778 bits per heavy atom. The molecule has 0 spiro atoms. The fourth-order valence-electron chi connectivity index (χ4n) is 5.68. The van der Waals surface area contributed by atoms with Gasteiger partial charge in [-0.05, 0) is 85.8 Å². The van der Waals surface area contributed by atoms with E-state index in [-0.39, 0.29) is 35.7 Å². The minimum Gasteiger partial charge on any atom is -0.490 e. The summed E-state index contributed by atoms with van der Waals surface area (Å²) in [6, 6.07) is 6.55. The molecule has 2 aromatic carbocycles. The lowest BCUT2D eigenvalue weighted by Gasteiger charge is -2.28. The summed E-state index contributed by atoms with van der Waals surface area (Å²) in [6.07, 6.45) is 12.7. The first-order valence-electron chi connectivity index (χ1n) is 13.3. The van der Waals surface area contributed by atoms with Crippen molar-refractivity contribution in [3.05, 3.63) is 83.0 Å². The van der Waals surface area contributed by atoms with Crippen LogP contribution in [0.5, 0.6) is 5.75 Å². The van der Waals surface area contributed by atoms with E-state index in [1.165, 1.54) is 6.07 Å². The Labute approximate surface area is 212 Å². The fraction of sp³-hybridized carbons (Fsp3) is 0.484. The van der Waals surface area contributed by atoms with Crippen molar-refractivity contribution in [3.8, 4) is 5.75 Å². The fourth-order valence-corrected chi connectivity index (χ4v) is 5.68. The van der Waals surface area contributed by atoms with Gasteiger partial charge in [0.15, 0.2) is 23.2 Å². The molecular weight excluding hydrogens is 464 g/mol. The summed E-state index contributed by atoms with van der Waals surface area (Å²) in [5.41, 5.74) is 1.15. The van der Waals surface area contributed by atoms with E-state index in [0.29, 0.717) is 36.3 Å². The van der Waals surface area contributed by atoms with E-state index in [0.717, 1.165) is 38.5 Å². The molecule has 0 N–H and O–H groups in total. The lowest BCUT2D eigenvalue weighted by Crippen LogP contribution is -2.14. The van der Waals surface area contributed by atoms with Gasteiger partial charge in [0.2, 0.25) is 5.82 Å². The zero-order chi connectivity index (χ0) is 25.7. The molecule has 0 saturated heterocycles. The summed E-state index contributed by atoms with van der Waals surface area (Å²) in [7, 11) is 0. The van der Waals surface area contributed by atoms with Gasteiger partial charge in [0, 0.05) is 5.56 Å². The van der Waals surface area contributed by atoms with Gasteiger partial charge in [-0.2, -0.15) is 4.39 Å². The monoisotopic (exact) mass is 500 g/mol. The number of hydrogen-bond donors (Lipinski definition) is 0. The van der Waals surface area contributed by atoms with Crippen LogP contribution in [0.25, 0.3) is 6.08 Å². The summed E-state index contributed by atoms with van der Waals surface area (Å²) in [5, 5.41) is 0. The van der Waals surface area contributed by atoms with E-state index in [9.17, 15) is 17.6 Å². The third kappa shape index (κ3) is 6.04. The molecule has 0 radical (unpaired) electrons. The Balaban J connectivity index is 1.36. The molecular formula is C31H36F4O.